The zero-order valence-electron chi connectivity index (χ0n) is 8.30. The molecule has 0 radical (unpaired) electrons. The summed E-state index contributed by atoms with van der Waals surface area (Å²) in [6.07, 6.45) is 2.91. The van der Waals surface area contributed by atoms with Gasteiger partial charge in [0.2, 0.25) is 0 Å². The zero-order chi connectivity index (χ0) is 8.43. The number of nitrogens with zero attached hydrogens (tertiary/aromatic N) is 1. The minimum Gasteiger partial charge on any atom is -0.304 e. The summed E-state index contributed by atoms with van der Waals surface area (Å²) < 4.78 is 0. The van der Waals surface area contributed by atoms with Crippen molar-refractivity contribution in [2.24, 2.45) is 11.8 Å². The second-order valence-corrected chi connectivity index (χ2v) is 4.35. The van der Waals surface area contributed by atoms with Crippen LogP contribution in [-0.4, -0.2) is 24.5 Å². The van der Waals surface area contributed by atoms with Crippen molar-refractivity contribution in [3.05, 3.63) is 0 Å². The monoisotopic (exact) mass is 155 g/mol. The molecule has 2 atom stereocenters. The third-order valence-electron chi connectivity index (χ3n) is 3.20. The van der Waals surface area contributed by atoms with E-state index in [1.807, 2.05) is 0 Å². The average molecular weight is 155 g/mol. The van der Waals surface area contributed by atoms with Crippen molar-refractivity contribution < 1.29 is 0 Å². The molecule has 0 N–H and O–H groups in total. The van der Waals surface area contributed by atoms with E-state index in [0.29, 0.717) is 6.04 Å². The number of rotatable bonds is 3. The Balaban J connectivity index is 2.19. The summed E-state index contributed by atoms with van der Waals surface area (Å²) in [6.45, 7) is 8.22. The normalized spacial score (nSPS) is 31.1. The number of hydrogen-bond donors (Lipinski definition) is 0. The molecule has 0 amide bonds. The fourth-order valence-electron chi connectivity index (χ4n) is 1.59. The van der Waals surface area contributed by atoms with E-state index in [-0.39, 0.29) is 0 Å². The predicted octanol–water partition coefficient (Wildman–Crippen LogP) is 2.37. The van der Waals surface area contributed by atoms with Crippen LogP contribution in [0.25, 0.3) is 0 Å². The van der Waals surface area contributed by atoms with E-state index in [1.165, 1.54) is 19.4 Å². The molecule has 1 fully saturated rings. The first kappa shape index (κ1) is 9.05. The van der Waals surface area contributed by atoms with E-state index in [4.69, 9.17) is 0 Å². The highest BCUT2D eigenvalue weighted by Gasteiger charge is 2.27. The van der Waals surface area contributed by atoms with Crippen LogP contribution in [0.4, 0.5) is 0 Å². The van der Waals surface area contributed by atoms with Crippen LogP contribution in [-0.2, 0) is 0 Å². The Morgan fingerprint density at radius 1 is 1.36 bits per heavy atom. The summed E-state index contributed by atoms with van der Waals surface area (Å²) in [7, 11) is 2.23. The maximum Gasteiger partial charge on any atom is 0.00356 e. The van der Waals surface area contributed by atoms with E-state index >= 15 is 0 Å². The molecule has 1 aliphatic carbocycles. The van der Waals surface area contributed by atoms with Crippen molar-refractivity contribution in [1.82, 2.24) is 4.90 Å². The second kappa shape index (κ2) is 3.57. The molecule has 1 saturated carbocycles. The van der Waals surface area contributed by atoms with E-state index in [1.54, 1.807) is 0 Å². The van der Waals surface area contributed by atoms with Crippen LogP contribution < -0.4 is 0 Å². The van der Waals surface area contributed by atoms with Crippen molar-refractivity contribution in [3.8, 4) is 0 Å². The molecule has 0 saturated heterocycles. The Bertz CT molecular complexity index is 115. The second-order valence-electron chi connectivity index (χ2n) is 4.35. The molecule has 66 valence electrons. The van der Waals surface area contributed by atoms with Gasteiger partial charge in [-0.15, -0.1) is 0 Å². The van der Waals surface area contributed by atoms with Crippen LogP contribution in [0.2, 0.25) is 0 Å². The van der Waals surface area contributed by atoms with Gasteiger partial charge in [-0.2, -0.15) is 0 Å². The Morgan fingerprint density at radius 2 is 2.00 bits per heavy atom. The van der Waals surface area contributed by atoms with Gasteiger partial charge in [0.15, 0.2) is 0 Å². The lowest BCUT2D eigenvalue weighted by molar-refractivity contribution is 0.120. The van der Waals surface area contributed by atoms with E-state index in [2.05, 4.69) is 32.7 Å². The Hall–Kier alpha value is -0.0400. The summed E-state index contributed by atoms with van der Waals surface area (Å²) in [5, 5.41) is 0. The fraction of sp³-hybridized carbons (Fsp3) is 1.00. The smallest absolute Gasteiger partial charge is 0.00356 e. The molecule has 0 aromatic heterocycles. The highest BCUT2D eigenvalue weighted by atomic mass is 15.1. The summed E-state index contributed by atoms with van der Waals surface area (Å²) in [6, 6.07) is 0.711. The van der Waals surface area contributed by atoms with Gasteiger partial charge in [-0.05, 0) is 39.2 Å². The largest absolute Gasteiger partial charge is 0.304 e. The Morgan fingerprint density at radius 3 is 2.27 bits per heavy atom. The standard InChI is InChI=1S/C10H21N/c1-8(2)11(4)7-10-6-5-9(10)3/h8-10H,5-7H2,1-4H3. The van der Waals surface area contributed by atoms with Crippen molar-refractivity contribution in [3.63, 3.8) is 0 Å². The van der Waals surface area contributed by atoms with E-state index < -0.39 is 0 Å². The van der Waals surface area contributed by atoms with Crippen LogP contribution in [0, 0.1) is 11.8 Å². The molecule has 2 unspecified atom stereocenters. The van der Waals surface area contributed by atoms with Crippen LogP contribution in [0.5, 0.6) is 0 Å². The van der Waals surface area contributed by atoms with Gasteiger partial charge in [0, 0.05) is 12.6 Å². The highest BCUT2D eigenvalue weighted by molar-refractivity contribution is 4.79. The summed E-state index contributed by atoms with van der Waals surface area (Å²) in [5.74, 6) is 1.97. The molecule has 0 aromatic carbocycles. The molecule has 1 nitrogen and oxygen atoms in total. The first-order chi connectivity index (χ1) is 5.11. The van der Waals surface area contributed by atoms with Gasteiger partial charge in [-0.1, -0.05) is 13.3 Å². The van der Waals surface area contributed by atoms with Crippen molar-refractivity contribution in [1.29, 1.82) is 0 Å². The van der Waals surface area contributed by atoms with E-state index in [0.717, 1.165) is 11.8 Å². The summed E-state index contributed by atoms with van der Waals surface area (Å²) in [4.78, 5) is 2.46. The zero-order valence-corrected chi connectivity index (χ0v) is 8.30. The van der Waals surface area contributed by atoms with Gasteiger partial charge in [0.05, 0.1) is 0 Å². The molecule has 11 heavy (non-hydrogen) atoms. The lowest BCUT2D eigenvalue weighted by atomic mass is 9.75. The van der Waals surface area contributed by atoms with Crippen molar-refractivity contribution in [2.75, 3.05) is 13.6 Å². The molecule has 0 heterocycles. The van der Waals surface area contributed by atoms with Crippen LogP contribution in [0.1, 0.15) is 33.6 Å². The molecule has 0 aromatic rings. The summed E-state index contributed by atoms with van der Waals surface area (Å²) >= 11 is 0. The summed E-state index contributed by atoms with van der Waals surface area (Å²) in [5.41, 5.74) is 0. The third-order valence-corrected chi connectivity index (χ3v) is 3.20. The van der Waals surface area contributed by atoms with Gasteiger partial charge < -0.3 is 4.90 Å². The van der Waals surface area contributed by atoms with Crippen LogP contribution >= 0.6 is 0 Å². The average Bonchev–Trinajstić information content (AvgIpc) is 1.96. The lowest BCUT2D eigenvalue weighted by Crippen LogP contribution is -2.38. The minimum absolute atomic E-state index is 0.711. The van der Waals surface area contributed by atoms with Gasteiger partial charge in [-0.25, -0.2) is 0 Å². The Labute approximate surface area is 70.8 Å². The van der Waals surface area contributed by atoms with Gasteiger partial charge in [-0.3, -0.25) is 0 Å². The highest BCUT2D eigenvalue weighted by Crippen LogP contribution is 2.34. The molecular formula is C10H21N. The molecule has 0 bridgehead atoms. The van der Waals surface area contributed by atoms with Gasteiger partial charge in [0.1, 0.15) is 0 Å². The molecule has 0 spiro atoms. The van der Waals surface area contributed by atoms with E-state index in [9.17, 15) is 0 Å². The molecule has 1 rings (SSSR count). The van der Waals surface area contributed by atoms with Gasteiger partial charge in [0.25, 0.3) is 0 Å². The quantitative estimate of drug-likeness (QED) is 0.605. The topological polar surface area (TPSA) is 3.24 Å². The maximum absolute atomic E-state index is 2.46. The van der Waals surface area contributed by atoms with Gasteiger partial charge >= 0.3 is 0 Å². The van der Waals surface area contributed by atoms with Crippen molar-refractivity contribution in [2.45, 2.75) is 39.7 Å². The first-order valence-corrected chi connectivity index (χ1v) is 4.81. The first-order valence-electron chi connectivity index (χ1n) is 4.81. The number of hydrogen-bond acceptors (Lipinski definition) is 1. The predicted molar refractivity (Wildman–Crippen MR) is 49.7 cm³/mol. The maximum atomic E-state index is 2.46. The van der Waals surface area contributed by atoms with Crippen LogP contribution in [0.15, 0.2) is 0 Å². The molecule has 1 aliphatic rings. The molecule has 0 aliphatic heterocycles. The SMILES string of the molecule is CC1CCC1CN(C)C(C)C. The molecule has 1 heteroatoms. The third kappa shape index (κ3) is 2.19. The molecular weight excluding hydrogens is 134 g/mol. The lowest BCUT2D eigenvalue weighted by Gasteiger charge is -2.37. The Kier molecular flexibility index (Phi) is 2.94. The minimum atomic E-state index is 0.711. The van der Waals surface area contributed by atoms with Crippen molar-refractivity contribution >= 4 is 0 Å². The van der Waals surface area contributed by atoms with Crippen LogP contribution in [0.3, 0.4) is 0 Å². The fourth-order valence-corrected chi connectivity index (χ4v) is 1.59.